The molecule has 0 aromatic carbocycles. The van der Waals surface area contributed by atoms with Gasteiger partial charge in [0, 0.05) is 25.7 Å². The van der Waals surface area contributed by atoms with Crippen molar-refractivity contribution < 1.29 is 13.5 Å². The topological polar surface area (TPSA) is 60.9 Å². The van der Waals surface area contributed by atoms with E-state index in [1.54, 1.807) is 15.5 Å². The van der Waals surface area contributed by atoms with E-state index in [-0.39, 0.29) is 11.5 Å². The summed E-state index contributed by atoms with van der Waals surface area (Å²) in [5.74, 6) is 0.589. The highest BCUT2D eigenvalue weighted by Gasteiger charge is 2.40. The summed E-state index contributed by atoms with van der Waals surface area (Å²) in [4.78, 5) is 0. The normalized spacial score (nSPS) is 28.1. The molecule has 0 aliphatic carbocycles. The van der Waals surface area contributed by atoms with Crippen molar-refractivity contribution in [1.29, 1.82) is 0 Å². The molecule has 2 rings (SSSR count). The average molecular weight is 333 g/mol. The summed E-state index contributed by atoms with van der Waals surface area (Å²) in [6.07, 6.45) is 3.73. The Labute approximate surface area is 135 Å². The molecule has 0 aromatic rings. The third-order valence-corrected chi connectivity index (χ3v) is 7.33. The van der Waals surface area contributed by atoms with Crippen LogP contribution in [-0.4, -0.2) is 53.9 Å². The minimum Gasteiger partial charge on any atom is -0.393 e. The lowest BCUT2D eigenvalue weighted by Gasteiger charge is -2.40. The van der Waals surface area contributed by atoms with Gasteiger partial charge in [0.2, 0.25) is 0 Å². The van der Waals surface area contributed by atoms with Crippen molar-refractivity contribution in [3.63, 3.8) is 0 Å². The van der Waals surface area contributed by atoms with E-state index in [4.69, 9.17) is 0 Å². The maximum absolute atomic E-state index is 12.9. The fourth-order valence-corrected chi connectivity index (χ4v) is 5.74. The van der Waals surface area contributed by atoms with Gasteiger partial charge >= 0.3 is 0 Å². The molecule has 0 bridgehead atoms. The Hall–Kier alpha value is -0.170. The molecule has 0 aromatic heterocycles. The van der Waals surface area contributed by atoms with Gasteiger partial charge in [0.05, 0.1) is 6.10 Å². The van der Waals surface area contributed by atoms with Crippen LogP contribution in [-0.2, 0) is 10.2 Å². The van der Waals surface area contributed by atoms with Gasteiger partial charge in [0.1, 0.15) is 0 Å². The summed E-state index contributed by atoms with van der Waals surface area (Å²) in [5.41, 5.74) is 0.248. The second kappa shape index (κ2) is 6.75. The molecule has 2 fully saturated rings. The van der Waals surface area contributed by atoms with Crippen LogP contribution >= 0.6 is 0 Å². The number of nitrogens with zero attached hydrogens (tertiary/aromatic N) is 2. The van der Waals surface area contributed by atoms with E-state index in [2.05, 4.69) is 20.8 Å². The SMILES string of the molecule is C[C@@H](O)C[C@H]1CCCN1S(=O)(=O)N1CCC(C(C)(C)C)CC1. The number of aliphatic hydroxyl groups is 1. The van der Waals surface area contributed by atoms with Crippen LogP contribution in [0.25, 0.3) is 0 Å². The van der Waals surface area contributed by atoms with Crippen molar-refractivity contribution in [2.45, 2.75) is 71.9 Å². The Morgan fingerprint density at radius 2 is 1.73 bits per heavy atom. The van der Waals surface area contributed by atoms with Gasteiger partial charge < -0.3 is 5.11 Å². The van der Waals surface area contributed by atoms with E-state index < -0.39 is 16.3 Å². The molecule has 2 aliphatic rings. The number of rotatable bonds is 4. The van der Waals surface area contributed by atoms with Crippen molar-refractivity contribution >= 4 is 10.2 Å². The summed E-state index contributed by atoms with van der Waals surface area (Å²) in [6.45, 7) is 10.3. The maximum atomic E-state index is 12.9. The van der Waals surface area contributed by atoms with Crippen LogP contribution in [0.4, 0.5) is 0 Å². The minimum atomic E-state index is -3.37. The molecular formula is C16H32N2O3S. The van der Waals surface area contributed by atoms with Gasteiger partial charge in [-0.3, -0.25) is 0 Å². The molecule has 0 unspecified atom stereocenters. The first-order valence-corrected chi connectivity index (χ1v) is 9.97. The predicted octanol–water partition coefficient (Wildman–Crippen LogP) is 2.22. The molecule has 6 heteroatoms. The highest BCUT2D eigenvalue weighted by atomic mass is 32.2. The van der Waals surface area contributed by atoms with E-state index in [0.717, 1.165) is 25.7 Å². The number of hydrogen-bond acceptors (Lipinski definition) is 3. The summed E-state index contributed by atoms with van der Waals surface area (Å²) in [6, 6.07) is -0.0367. The molecule has 0 radical (unpaired) electrons. The molecular weight excluding hydrogens is 300 g/mol. The predicted molar refractivity (Wildman–Crippen MR) is 88.7 cm³/mol. The van der Waals surface area contributed by atoms with Gasteiger partial charge in [-0.05, 0) is 50.4 Å². The second-order valence-corrected chi connectivity index (χ2v) is 9.92. The first-order chi connectivity index (χ1) is 10.1. The van der Waals surface area contributed by atoms with Gasteiger partial charge in [-0.25, -0.2) is 0 Å². The molecule has 0 saturated carbocycles. The van der Waals surface area contributed by atoms with Crippen LogP contribution in [0.3, 0.4) is 0 Å². The smallest absolute Gasteiger partial charge is 0.282 e. The van der Waals surface area contributed by atoms with Crippen molar-refractivity contribution in [3.05, 3.63) is 0 Å². The Morgan fingerprint density at radius 3 is 2.23 bits per heavy atom. The van der Waals surface area contributed by atoms with Gasteiger partial charge in [-0.15, -0.1) is 0 Å². The standard InChI is InChI=1S/C16H32N2O3S/c1-13(19)12-15-6-5-9-18(15)22(20,21)17-10-7-14(8-11-17)16(2,3)4/h13-15,19H,5-12H2,1-4H3/t13-,15-/m1/s1. The van der Waals surface area contributed by atoms with E-state index in [1.807, 2.05) is 0 Å². The van der Waals surface area contributed by atoms with Crippen LogP contribution in [0.5, 0.6) is 0 Å². The first kappa shape index (κ1) is 18.2. The summed E-state index contributed by atoms with van der Waals surface area (Å²) < 4.78 is 29.1. The van der Waals surface area contributed by atoms with Crippen LogP contribution < -0.4 is 0 Å². The number of piperidine rings is 1. The van der Waals surface area contributed by atoms with E-state index in [1.165, 1.54) is 0 Å². The molecule has 22 heavy (non-hydrogen) atoms. The summed E-state index contributed by atoms with van der Waals surface area (Å²) in [5, 5.41) is 9.60. The Balaban J connectivity index is 2.02. The summed E-state index contributed by atoms with van der Waals surface area (Å²) in [7, 11) is -3.37. The minimum absolute atomic E-state index is 0.0367. The lowest BCUT2D eigenvalue weighted by molar-refractivity contribution is 0.140. The molecule has 0 spiro atoms. The van der Waals surface area contributed by atoms with E-state index >= 15 is 0 Å². The highest BCUT2D eigenvalue weighted by Crippen LogP contribution is 2.36. The van der Waals surface area contributed by atoms with Crippen molar-refractivity contribution in [1.82, 2.24) is 8.61 Å². The third-order valence-electron chi connectivity index (χ3n) is 5.24. The molecule has 5 nitrogen and oxygen atoms in total. The zero-order chi connectivity index (χ0) is 16.5. The van der Waals surface area contributed by atoms with E-state index in [9.17, 15) is 13.5 Å². The summed E-state index contributed by atoms with van der Waals surface area (Å²) >= 11 is 0. The zero-order valence-corrected chi connectivity index (χ0v) is 15.3. The zero-order valence-electron chi connectivity index (χ0n) is 14.5. The Morgan fingerprint density at radius 1 is 1.14 bits per heavy atom. The monoisotopic (exact) mass is 332 g/mol. The van der Waals surface area contributed by atoms with Gasteiger partial charge in [-0.2, -0.15) is 17.0 Å². The van der Waals surface area contributed by atoms with Crippen molar-refractivity contribution in [2.24, 2.45) is 11.3 Å². The Kier molecular flexibility index (Phi) is 5.58. The fourth-order valence-electron chi connectivity index (χ4n) is 3.84. The lowest BCUT2D eigenvalue weighted by Crippen LogP contribution is -2.50. The maximum Gasteiger partial charge on any atom is 0.282 e. The molecule has 2 atom stereocenters. The molecule has 2 heterocycles. The molecule has 0 amide bonds. The average Bonchev–Trinajstić information content (AvgIpc) is 2.86. The second-order valence-electron chi connectivity index (χ2n) is 8.04. The van der Waals surface area contributed by atoms with Crippen molar-refractivity contribution in [2.75, 3.05) is 19.6 Å². The van der Waals surface area contributed by atoms with E-state index in [0.29, 0.717) is 32.0 Å². The number of hydrogen-bond donors (Lipinski definition) is 1. The van der Waals surface area contributed by atoms with Crippen LogP contribution in [0.15, 0.2) is 0 Å². The molecule has 1 N–H and O–H groups in total. The van der Waals surface area contributed by atoms with Crippen LogP contribution in [0, 0.1) is 11.3 Å². The lowest BCUT2D eigenvalue weighted by atomic mass is 9.76. The molecule has 2 saturated heterocycles. The van der Waals surface area contributed by atoms with Gasteiger partial charge in [-0.1, -0.05) is 20.8 Å². The van der Waals surface area contributed by atoms with Crippen LogP contribution in [0.1, 0.15) is 59.8 Å². The molecule has 130 valence electrons. The van der Waals surface area contributed by atoms with Crippen LogP contribution in [0.2, 0.25) is 0 Å². The highest BCUT2D eigenvalue weighted by molar-refractivity contribution is 7.86. The first-order valence-electron chi connectivity index (χ1n) is 8.57. The Bertz CT molecular complexity index is 462. The van der Waals surface area contributed by atoms with Gasteiger partial charge in [0.15, 0.2) is 0 Å². The molecule has 2 aliphatic heterocycles. The largest absolute Gasteiger partial charge is 0.393 e. The van der Waals surface area contributed by atoms with Gasteiger partial charge in [0.25, 0.3) is 10.2 Å². The quantitative estimate of drug-likeness (QED) is 0.859. The van der Waals surface area contributed by atoms with Crippen molar-refractivity contribution in [3.8, 4) is 0 Å². The number of aliphatic hydroxyl groups excluding tert-OH is 1. The fraction of sp³-hybridized carbons (Fsp3) is 1.00. The third kappa shape index (κ3) is 4.02.